The lowest BCUT2D eigenvalue weighted by molar-refractivity contribution is 0.669. The SMILES string of the molecule is c1ccc(-c2cccc(-c3ccc(-c4c5ccccc5c(-c5cc6cccc7oc8cccc5c8c67)c5ccccc45)cc3)c2)cc1. The fourth-order valence-electron chi connectivity index (χ4n) is 7.75. The van der Waals surface area contributed by atoms with E-state index in [0.29, 0.717) is 0 Å². The summed E-state index contributed by atoms with van der Waals surface area (Å²) in [4.78, 5) is 0. The molecule has 0 unspecified atom stereocenters. The molecule has 9 aromatic carbocycles. The zero-order chi connectivity index (χ0) is 30.9. The molecule has 0 aliphatic rings. The lowest BCUT2D eigenvalue weighted by Gasteiger charge is -2.19. The van der Waals surface area contributed by atoms with Crippen LogP contribution in [0.5, 0.6) is 0 Å². The van der Waals surface area contributed by atoms with Crippen LogP contribution in [0, 0.1) is 0 Å². The monoisotopic (exact) mass is 596 g/mol. The van der Waals surface area contributed by atoms with E-state index < -0.39 is 0 Å². The first kappa shape index (κ1) is 26.1. The van der Waals surface area contributed by atoms with Crippen LogP contribution in [-0.2, 0) is 0 Å². The Balaban J connectivity index is 1.19. The highest BCUT2D eigenvalue weighted by Crippen LogP contribution is 2.48. The Hall–Kier alpha value is -6.18. The van der Waals surface area contributed by atoms with E-state index in [0.717, 1.165) is 11.2 Å². The molecule has 1 heteroatoms. The minimum absolute atomic E-state index is 0.940. The molecule has 0 aliphatic carbocycles. The van der Waals surface area contributed by atoms with E-state index in [2.05, 4.69) is 170 Å². The molecule has 0 aliphatic heterocycles. The number of fused-ring (bicyclic) bond motifs is 2. The number of hydrogen-bond acceptors (Lipinski definition) is 1. The molecule has 0 radical (unpaired) electrons. The van der Waals surface area contributed by atoms with E-state index in [1.807, 2.05) is 0 Å². The Morgan fingerprint density at radius 2 is 0.787 bits per heavy atom. The highest BCUT2D eigenvalue weighted by molar-refractivity contribution is 6.29. The molecular formula is C46H28O. The first-order valence-corrected chi connectivity index (χ1v) is 16.2. The van der Waals surface area contributed by atoms with Crippen LogP contribution in [-0.4, -0.2) is 0 Å². The van der Waals surface area contributed by atoms with Gasteiger partial charge in [0.05, 0.1) is 0 Å². The summed E-state index contributed by atoms with van der Waals surface area (Å²) in [6.45, 7) is 0. The molecule has 0 spiro atoms. The molecule has 0 atom stereocenters. The molecule has 47 heavy (non-hydrogen) atoms. The van der Waals surface area contributed by atoms with Gasteiger partial charge in [-0.1, -0.05) is 146 Å². The number of benzene rings is 9. The standard InChI is InChI=1S/C46H28O/c1-2-11-29(12-3-1)32-13-8-14-33(27-32)30-23-25-31(26-24-30)43-35-16-4-6-18-37(35)45(38-19-7-5-17-36(38)43)40-28-34-15-9-21-41-44(34)46-39(40)20-10-22-42(46)47-41/h1-28H. The van der Waals surface area contributed by atoms with Gasteiger partial charge in [-0.2, -0.15) is 0 Å². The van der Waals surface area contributed by atoms with Crippen molar-refractivity contribution in [2.75, 3.05) is 0 Å². The van der Waals surface area contributed by atoms with Crippen LogP contribution in [0.4, 0.5) is 0 Å². The summed E-state index contributed by atoms with van der Waals surface area (Å²) in [6, 6.07) is 61.5. The van der Waals surface area contributed by atoms with Gasteiger partial charge in [-0.15, -0.1) is 0 Å². The summed E-state index contributed by atoms with van der Waals surface area (Å²) in [5.74, 6) is 0. The van der Waals surface area contributed by atoms with Crippen LogP contribution < -0.4 is 0 Å². The van der Waals surface area contributed by atoms with Crippen molar-refractivity contribution in [2.24, 2.45) is 0 Å². The normalized spacial score (nSPS) is 11.8. The lowest BCUT2D eigenvalue weighted by Crippen LogP contribution is -1.92. The number of rotatable bonds is 4. The zero-order valence-corrected chi connectivity index (χ0v) is 25.6. The van der Waals surface area contributed by atoms with Gasteiger partial charge < -0.3 is 4.42 Å². The minimum atomic E-state index is 0.940. The fourth-order valence-corrected chi connectivity index (χ4v) is 7.75. The highest BCUT2D eigenvalue weighted by atomic mass is 16.3. The van der Waals surface area contributed by atoms with Gasteiger partial charge in [0.25, 0.3) is 0 Å². The van der Waals surface area contributed by atoms with E-state index in [1.165, 1.54) is 87.6 Å². The van der Waals surface area contributed by atoms with Gasteiger partial charge in [-0.25, -0.2) is 0 Å². The van der Waals surface area contributed by atoms with Crippen LogP contribution in [0.2, 0.25) is 0 Å². The number of hydrogen-bond donors (Lipinski definition) is 0. The first-order valence-electron chi connectivity index (χ1n) is 16.2. The third kappa shape index (κ3) is 3.97. The largest absolute Gasteiger partial charge is 0.456 e. The first-order chi connectivity index (χ1) is 23.3. The summed E-state index contributed by atoms with van der Waals surface area (Å²) in [5, 5.41) is 9.87. The van der Waals surface area contributed by atoms with Gasteiger partial charge in [-0.3, -0.25) is 0 Å². The number of furan rings is 1. The molecule has 10 rings (SSSR count). The van der Waals surface area contributed by atoms with Crippen LogP contribution in [0.1, 0.15) is 0 Å². The molecule has 10 aromatic rings. The summed E-state index contributed by atoms with van der Waals surface area (Å²) < 4.78 is 6.33. The predicted molar refractivity (Wildman–Crippen MR) is 199 cm³/mol. The average Bonchev–Trinajstić information content (AvgIpc) is 3.54. The maximum atomic E-state index is 6.33. The van der Waals surface area contributed by atoms with Crippen LogP contribution in [0.25, 0.3) is 98.8 Å². The smallest absolute Gasteiger partial charge is 0.136 e. The Kier molecular flexibility index (Phi) is 5.64. The van der Waals surface area contributed by atoms with E-state index in [1.54, 1.807) is 0 Å². The van der Waals surface area contributed by atoms with Crippen molar-refractivity contribution in [3.8, 4) is 44.5 Å². The predicted octanol–water partition coefficient (Wildman–Crippen LogP) is 13.2. The average molecular weight is 597 g/mol. The zero-order valence-electron chi connectivity index (χ0n) is 25.6. The van der Waals surface area contributed by atoms with E-state index >= 15 is 0 Å². The van der Waals surface area contributed by atoms with Gasteiger partial charge in [0.2, 0.25) is 0 Å². The van der Waals surface area contributed by atoms with Crippen LogP contribution >= 0.6 is 0 Å². The van der Waals surface area contributed by atoms with Gasteiger partial charge >= 0.3 is 0 Å². The summed E-state index contributed by atoms with van der Waals surface area (Å²) in [5.41, 5.74) is 11.8. The molecule has 1 aromatic heterocycles. The maximum absolute atomic E-state index is 6.33. The fraction of sp³-hybridized carbons (Fsp3) is 0. The van der Waals surface area contributed by atoms with Crippen molar-refractivity contribution < 1.29 is 4.42 Å². The molecule has 1 heterocycles. The summed E-state index contributed by atoms with van der Waals surface area (Å²) in [6.07, 6.45) is 0. The van der Waals surface area contributed by atoms with E-state index in [-0.39, 0.29) is 0 Å². The molecule has 1 nitrogen and oxygen atoms in total. The van der Waals surface area contributed by atoms with Crippen molar-refractivity contribution in [3.05, 3.63) is 170 Å². The van der Waals surface area contributed by atoms with E-state index in [4.69, 9.17) is 4.42 Å². The van der Waals surface area contributed by atoms with Crippen molar-refractivity contribution in [2.45, 2.75) is 0 Å². The Bertz CT molecular complexity index is 2710. The van der Waals surface area contributed by atoms with E-state index in [9.17, 15) is 0 Å². The minimum Gasteiger partial charge on any atom is -0.456 e. The summed E-state index contributed by atoms with van der Waals surface area (Å²) in [7, 11) is 0. The Labute approximate surface area is 272 Å². The van der Waals surface area contributed by atoms with Crippen molar-refractivity contribution in [1.82, 2.24) is 0 Å². The van der Waals surface area contributed by atoms with Gasteiger partial charge in [0.15, 0.2) is 0 Å². The molecule has 0 saturated heterocycles. The molecule has 0 amide bonds. The van der Waals surface area contributed by atoms with Crippen molar-refractivity contribution in [1.29, 1.82) is 0 Å². The summed E-state index contributed by atoms with van der Waals surface area (Å²) >= 11 is 0. The molecule has 0 fully saturated rings. The second-order valence-electron chi connectivity index (χ2n) is 12.4. The molecule has 0 bridgehead atoms. The Morgan fingerprint density at radius 1 is 0.298 bits per heavy atom. The quantitative estimate of drug-likeness (QED) is 0.145. The third-order valence-electron chi connectivity index (χ3n) is 9.82. The van der Waals surface area contributed by atoms with Crippen molar-refractivity contribution in [3.63, 3.8) is 0 Å². The second kappa shape index (κ2) is 10.2. The van der Waals surface area contributed by atoms with Gasteiger partial charge in [0.1, 0.15) is 11.2 Å². The molecule has 0 saturated carbocycles. The maximum Gasteiger partial charge on any atom is 0.136 e. The molecular weight excluding hydrogens is 569 g/mol. The lowest BCUT2D eigenvalue weighted by atomic mass is 9.83. The van der Waals surface area contributed by atoms with Gasteiger partial charge in [-0.05, 0) is 101 Å². The topological polar surface area (TPSA) is 13.1 Å². The second-order valence-corrected chi connectivity index (χ2v) is 12.4. The Morgan fingerprint density at radius 3 is 1.47 bits per heavy atom. The van der Waals surface area contributed by atoms with Crippen LogP contribution in [0.15, 0.2) is 174 Å². The highest BCUT2D eigenvalue weighted by Gasteiger charge is 2.21. The van der Waals surface area contributed by atoms with Gasteiger partial charge in [0, 0.05) is 10.8 Å². The van der Waals surface area contributed by atoms with Crippen molar-refractivity contribution >= 4 is 54.3 Å². The molecule has 218 valence electrons. The molecule has 0 N–H and O–H groups in total. The van der Waals surface area contributed by atoms with Crippen LogP contribution in [0.3, 0.4) is 0 Å². The third-order valence-corrected chi connectivity index (χ3v) is 9.82.